The Kier molecular flexibility index (Phi) is 2.44. The predicted octanol–water partition coefficient (Wildman–Crippen LogP) is 2.30. The van der Waals surface area contributed by atoms with Crippen LogP contribution in [0, 0.1) is 0 Å². The van der Waals surface area contributed by atoms with Crippen LogP contribution in [0.1, 0.15) is 6.92 Å². The van der Waals surface area contributed by atoms with Gasteiger partial charge in [-0.3, -0.25) is 0 Å². The summed E-state index contributed by atoms with van der Waals surface area (Å²) in [4.78, 5) is 4.63. The Labute approximate surface area is 85.4 Å². The normalized spacial score (nSPS) is 19.4. The number of allylic oxidation sites excluding steroid dienone is 1. The van der Waals surface area contributed by atoms with Crippen LogP contribution in [0.5, 0.6) is 0 Å². The Balaban J connectivity index is 2.28. The largest absolute Gasteiger partial charge is 0.360 e. The van der Waals surface area contributed by atoms with Gasteiger partial charge in [0.2, 0.25) is 0 Å². The Morgan fingerprint density at radius 1 is 1.14 bits per heavy atom. The van der Waals surface area contributed by atoms with Crippen LogP contribution >= 0.6 is 0 Å². The highest BCUT2D eigenvalue weighted by molar-refractivity contribution is 5.52. The molecule has 0 amide bonds. The molecule has 0 unspecified atom stereocenters. The van der Waals surface area contributed by atoms with Gasteiger partial charge in [0.15, 0.2) is 0 Å². The van der Waals surface area contributed by atoms with Crippen LogP contribution in [0.25, 0.3) is 0 Å². The molecule has 2 rings (SSSR count). The minimum Gasteiger partial charge on any atom is -0.360 e. The maximum Gasteiger partial charge on any atom is 0.104 e. The maximum atomic E-state index is 2.35. The number of benzene rings is 1. The van der Waals surface area contributed by atoms with E-state index in [1.165, 1.54) is 11.5 Å². The summed E-state index contributed by atoms with van der Waals surface area (Å²) in [5.41, 5.74) is 1.28. The van der Waals surface area contributed by atoms with E-state index in [1.54, 1.807) is 0 Å². The van der Waals surface area contributed by atoms with Crippen LogP contribution in [0.15, 0.2) is 42.2 Å². The summed E-state index contributed by atoms with van der Waals surface area (Å²) in [5.74, 6) is 1.30. The van der Waals surface area contributed by atoms with Gasteiger partial charge in [0, 0.05) is 25.8 Å². The van der Waals surface area contributed by atoms with Gasteiger partial charge in [-0.25, -0.2) is 0 Å². The minimum atomic E-state index is 1.08. The average molecular weight is 188 g/mol. The van der Waals surface area contributed by atoms with Gasteiger partial charge in [0.25, 0.3) is 0 Å². The summed E-state index contributed by atoms with van der Waals surface area (Å²) in [5, 5.41) is 0. The van der Waals surface area contributed by atoms with Crippen LogP contribution in [0.3, 0.4) is 0 Å². The first-order valence-corrected chi connectivity index (χ1v) is 5.03. The average Bonchev–Trinajstić information content (AvgIpc) is 2.61. The third-order valence-electron chi connectivity index (χ3n) is 2.65. The van der Waals surface area contributed by atoms with Crippen LogP contribution in [0.2, 0.25) is 0 Å². The zero-order chi connectivity index (χ0) is 9.97. The van der Waals surface area contributed by atoms with Crippen molar-refractivity contribution in [1.82, 2.24) is 4.90 Å². The number of rotatable bonds is 1. The molecule has 1 aliphatic heterocycles. The number of para-hydroxylation sites is 1. The molecule has 0 bridgehead atoms. The molecule has 0 aliphatic carbocycles. The second-order valence-electron chi connectivity index (χ2n) is 3.56. The molecule has 1 heterocycles. The summed E-state index contributed by atoms with van der Waals surface area (Å²) >= 11 is 0. The predicted molar refractivity (Wildman–Crippen MR) is 60.2 cm³/mol. The first kappa shape index (κ1) is 9.13. The van der Waals surface area contributed by atoms with Crippen molar-refractivity contribution >= 4 is 5.69 Å². The highest BCUT2D eigenvalue weighted by Crippen LogP contribution is 2.24. The van der Waals surface area contributed by atoms with Gasteiger partial charge in [-0.2, -0.15) is 0 Å². The summed E-state index contributed by atoms with van der Waals surface area (Å²) in [6, 6.07) is 10.5. The van der Waals surface area contributed by atoms with E-state index in [9.17, 15) is 0 Å². The molecule has 0 radical (unpaired) electrons. The van der Waals surface area contributed by atoms with E-state index in [4.69, 9.17) is 0 Å². The van der Waals surface area contributed by atoms with Gasteiger partial charge in [-0.15, -0.1) is 0 Å². The van der Waals surface area contributed by atoms with Gasteiger partial charge in [-0.05, 0) is 25.1 Å². The van der Waals surface area contributed by atoms with Gasteiger partial charge in [0.05, 0.1) is 0 Å². The van der Waals surface area contributed by atoms with Crippen LogP contribution in [-0.4, -0.2) is 25.0 Å². The van der Waals surface area contributed by atoms with E-state index < -0.39 is 0 Å². The van der Waals surface area contributed by atoms with E-state index in [0.717, 1.165) is 13.1 Å². The lowest BCUT2D eigenvalue weighted by molar-refractivity contribution is 0.487. The molecule has 14 heavy (non-hydrogen) atoms. The number of anilines is 1. The first-order chi connectivity index (χ1) is 6.83. The van der Waals surface area contributed by atoms with Crippen LogP contribution in [0.4, 0.5) is 5.69 Å². The van der Waals surface area contributed by atoms with Gasteiger partial charge in [0.1, 0.15) is 5.82 Å². The van der Waals surface area contributed by atoms with Gasteiger partial charge < -0.3 is 9.80 Å². The molecule has 2 heteroatoms. The van der Waals surface area contributed by atoms with E-state index in [1.807, 2.05) is 0 Å². The minimum absolute atomic E-state index is 1.08. The van der Waals surface area contributed by atoms with E-state index >= 15 is 0 Å². The zero-order valence-corrected chi connectivity index (χ0v) is 8.77. The Morgan fingerprint density at radius 2 is 1.86 bits per heavy atom. The van der Waals surface area contributed by atoms with Crippen LogP contribution in [-0.2, 0) is 0 Å². The Bertz CT molecular complexity index is 329. The standard InChI is InChI=1S/C12H16N2/c1-3-12-13(2)9-10-14(12)11-7-5-4-6-8-11/h3-8H,9-10H2,1-2H3/b12-3-. The quantitative estimate of drug-likeness (QED) is 0.667. The molecule has 1 aromatic rings. The lowest BCUT2D eigenvalue weighted by Crippen LogP contribution is -2.19. The maximum absolute atomic E-state index is 2.35. The number of hydrogen-bond acceptors (Lipinski definition) is 2. The molecule has 0 spiro atoms. The molecular formula is C12H16N2. The van der Waals surface area contributed by atoms with Crippen molar-refractivity contribution in [3.63, 3.8) is 0 Å². The Morgan fingerprint density at radius 3 is 2.50 bits per heavy atom. The summed E-state index contributed by atoms with van der Waals surface area (Å²) in [7, 11) is 2.14. The molecule has 2 nitrogen and oxygen atoms in total. The molecule has 1 fully saturated rings. The lowest BCUT2D eigenvalue weighted by Gasteiger charge is -2.21. The van der Waals surface area contributed by atoms with Crippen molar-refractivity contribution < 1.29 is 0 Å². The fourth-order valence-corrected chi connectivity index (χ4v) is 1.93. The molecule has 1 aromatic carbocycles. The molecule has 1 saturated heterocycles. The van der Waals surface area contributed by atoms with Crippen molar-refractivity contribution in [1.29, 1.82) is 0 Å². The third-order valence-corrected chi connectivity index (χ3v) is 2.65. The summed E-state index contributed by atoms with van der Waals surface area (Å²) < 4.78 is 0. The Hall–Kier alpha value is -1.44. The number of hydrogen-bond donors (Lipinski definition) is 0. The molecular weight excluding hydrogens is 172 g/mol. The fourth-order valence-electron chi connectivity index (χ4n) is 1.93. The number of nitrogens with zero attached hydrogens (tertiary/aromatic N) is 2. The second-order valence-corrected chi connectivity index (χ2v) is 3.56. The smallest absolute Gasteiger partial charge is 0.104 e. The van der Waals surface area contributed by atoms with Crippen molar-refractivity contribution in [3.8, 4) is 0 Å². The molecule has 74 valence electrons. The summed E-state index contributed by atoms with van der Waals surface area (Å²) in [6.45, 7) is 4.28. The van der Waals surface area contributed by atoms with Crippen molar-refractivity contribution in [2.24, 2.45) is 0 Å². The van der Waals surface area contributed by atoms with E-state index in [2.05, 4.69) is 60.2 Å². The first-order valence-electron chi connectivity index (χ1n) is 5.03. The van der Waals surface area contributed by atoms with Crippen molar-refractivity contribution in [2.45, 2.75) is 6.92 Å². The highest BCUT2D eigenvalue weighted by Gasteiger charge is 2.21. The molecule has 1 aliphatic rings. The molecule has 0 aromatic heterocycles. The van der Waals surface area contributed by atoms with Crippen molar-refractivity contribution in [3.05, 3.63) is 42.2 Å². The van der Waals surface area contributed by atoms with Gasteiger partial charge in [-0.1, -0.05) is 18.2 Å². The summed E-state index contributed by atoms with van der Waals surface area (Å²) in [6.07, 6.45) is 2.17. The van der Waals surface area contributed by atoms with Gasteiger partial charge >= 0.3 is 0 Å². The fraction of sp³-hybridized carbons (Fsp3) is 0.333. The van der Waals surface area contributed by atoms with Crippen molar-refractivity contribution in [2.75, 3.05) is 25.0 Å². The third kappa shape index (κ3) is 1.48. The number of likely N-dealkylation sites (N-methyl/N-ethyl adjacent to an activating group) is 1. The lowest BCUT2D eigenvalue weighted by atomic mass is 10.3. The van der Waals surface area contributed by atoms with Crippen LogP contribution < -0.4 is 4.90 Å². The SMILES string of the molecule is C/C=C1/N(C)CCN1c1ccccc1. The molecule has 0 N–H and O–H groups in total. The molecule has 0 atom stereocenters. The monoisotopic (exact) mass is 188 g/mol. The molecule has 0 saturated carbocycles. The zero-order valence-electron chi connectivity index (χ0n) is 8.77. The highest BCUT2D eigenvalue weighted by atomic mass is 15.4. The van der Waals surface area contributed by atoms with E-state index in [-0.39, 0.29) is 0 Å². The second kappa shape index (κ2) is 3.74. The van der Waals surface area contributed by atoms with E-state index in [0.29, 0.717) is 0 Å². The topological polar surface area (TPSA) is 6.48 Å².